The van der Waals surface area contributed by atoms with E-state index in [2.05, 4.69) is 20.8 Å². The molecule has 2 aromatic rings. The number of nitrogens with one attached hydrogen (secondary N) is 1. The van der Waals surface area contributed by atoms with Gasteiger partial charge in [0.05, 0.1) is 6.54 Å². The zero-order valence-corrected chi connectivity index (χ0v) is 13.2. The second-order valence-electron chi connectivity index (χ2n) is 5.85. The molecule has 1 aliphatic rings. The van der Waals surface area contributed by atoms with E-state index in [1.807, 2.05) is 31.2 Å². The molecule has 1 atom stereocenters. The molecule has 0 radical (unpaired) electrons. The Morgan fingerprint density at radius 2 is 2.22 bits per heavy atom. The summed E-state index contributed by atoms with van der Waals surface area (Å²) in [5.74, 6) is 1.31. The SMILES string of the molecule is Cc1nnnn1Cc1ccc(C(=O)NCCC2CCOC2)cc1. The van der Waals surface area contributed by atoms with Crippen LogP contribution in [0, 0.1) is 12.8 Å². The fourth-order valence-corrected chi connectivity index (χ4v) is 2.63. The number of carbonyl (C=O) groups is 1. The number of rotatable bonds is 6. The Morgan fingerprint density at radius 1 is 1.39 bits per heavy atom. The predicted octanol–water partition coefficient (Wildman–Crippen LogP) is 1.19. The van der Waals surface area contributed by atoms with Gasteiger partial charge in [-0.15, -0.1) is 5.10 Å². The van der Waals surface area contributed by atoms with Crippen molar-refractivity contribution >= 4 is 5.91 Å². The zero-order chi connectivity index (χ0) is 16.1. The molecule has 0 saturated carbocycles. The van der Waals surface area contributed by atoms with Crippen LogP contribution in [-0.4, -0.2) is 45.9 Å². The summed E-state index contributed by atoms with van der Waals surface area (Å²) in [7, 11) is 0. The Kier molecular flexibility index (Phi) is 4.97. The minimum absolute atomic E-state index is 0.0333. The lowest BCUT2D eigenvalue weighted by molar-refractivity contribution is 0.0950. The average Bonchev–Trinajstić information content (AvgIpc) is 3.21. The maximum atomic E-state index is 12.1. The maximum Gasteiger partial charge on any atom is 0.251 e. The molecule has 1 fully saturated rings. The number of hydrogen-bond donors (Lipinski definition) is 1. The van der Waals surface area contributed by atoms with E-state index in [1.54, 1.807) is 4.68 Å². The van der Waals surface area contributed by atoms with Gasteiger partial charge in [-0.05, 0) is 53.8 Å². The molecule has 1 amide bonds. The first kappa shape index (κ1) is 15.6. The van der Waals surface area contributed by atoms with Crippen LogP contribution in [0.3, 0.4) is 0 Å². The largest absolute Gasteiger partial charge is 0.381 e. The van der Waals surface area contributed by atoms with Crippen molar-refractivity contribution in [1.82, 2.24) is 25.5 Å². The molecular weight excluding hydrogens is 294 g/mol. The van der Waals surface area contributed by atoms with E-state index in [0.717, 1.165) is 37.4 Å². The van der Waals surface area contributed by atoms with Gasteiger partial charge in [-0.3, -0.25) is 4.79 Å². The van der Waals surface area contributed by atoms with E-state index in [9.17, 15) is 4.79 Å². The number of tetrazole rings is 1. The highest BCUT2D eigenvalue weighted by Crippen LogP contribution is 2.15. The summed E-state index contributed by atoms with van der Waals surface area (Å²) >= 11 is 0. The minimum Gasteiger partial charge on any atom is -0.381 e. The Bertz CT molecular complexity index is 647. The van der Waals surface area contributed by atoms with Crippen LogP contribution in [0.4, 0.5) is 0 Å². The lowest BCUT2D eigenvalue weighted by Gasteiger charge is -2.09. The van der Waals surface area contributed by atoms with Crippen LogP contribution in [0.5, 0.6) is 0 Å². The van der Waals surface area contributed by atoms with Gasteiger partial charge in [-0.25, -0.2) is 4.68 Å². The normalized spacial score (nSPS) is 17.3. The number of amides is 1. The standard InChI is InChI=1S/C16H21N5O2/c1-12-18-19-20-21(12)10-13-2-4-15(5-3-13)16(22)17-8-6-14-7-9-23-11-14/h2-5,14H,6-11H2,1H3,(H,17,22). The Labute approximate surface area is 135 Å². The van der Waals surface area contributed by atoms with E-state index in [0.29, 0.717) is 24.6 Å². The molecule has 0 bridgehead atoms. The molecule has 0 spiro atoms. The molecule has 2 heterocycles. The van der Waals surface area contributed by atoms with Gasteiger partial charge >= 0.3 is 0 Å². The molecule has 1 aliphatic heterocycles. The summed E-state index contributed by atoms with van der Waals surface area (Å²) in [5.41, 5.74) is 1.73. The van der Waals surface area contributed by atoms with Gasteiger partial charge in [0.2, 0.25) is 0 Å². The highest BCUT2D eigenvalue weighted by Gasteiger charge is 2.15. The number of aromatic nitrogens is 4. The van der Waals surface area contributed by atoms with E-state index in [4.69, 9.17) is 4.74 Å². The molecule has 7 heteroatoms. The van der Waals surface area contributed by atoms with Crippen molar-refractivity contribution in [3.8, 4) is 0 Å². The van der Waals surface area contributed by atoms with Crippen molar-refractivity contribution in [2.75, 3.05) is 19.8 Å². The topological polar surface area (TPSA) is 81.9 Å². The molecule has 1 unspecified atom stereocenters. The number of ether oxygens (including phenoxy) is 1. The third-order valence-corrected chi connectivity index (χ3v) is 4.12. The molecule has 122 valence electrons. The lowest BCUT2D eigenvalue weighted by atomic mass is 10.1. The molecule has 0 aliphatic carbocycles. The van der Waals surface area contributed by atoms with Gasteiger partial charge in [0, 0.05) is 25.3 Å². The molecule has 1 saturated heterocycles. The molecule has 1 aromatic carbocycles. The van der Waals surface area contributed by atoms with E-state index in [-0.39, 0.29) is 5.91 Å². The van der Waals surface area contributed by atoms with Gasteiger partial charge in [0.15, 0.2) is 0 Å². The van der Waals surface area contributed by atoms with Gasteiger partial charge in [0.1, 0.15) is 5.82 Å². The monoisotopic (exact) mass is 315 g/mol. The quantitative estimate of drug-likeness (QED) is 0.866. The van der Waals surface area contributed by atoms with Crippen molar-refractivity contribution in [2.24, 2.45) is 5.92 Å². The molecular formula is C16H21N5O2. The first-order chi connectivity index (χ1) is 11.2. The molecule has 23 heavy (non-hydrogen) atoms. The summed E-state index contributed by atoms with van der Waals surface area (Å²) in [5, 5.41) is 14.4. The maximum absolute atomic E-state index is 12.1. The minimum atomic E-state index is -0.0333. The Hall–Kier alpha value is -2.28. The molecule has 7 nitrogen and oxygen atoms in total. The molecule has 3 rings (SSSR count). The van der Waals surface area contributed by atoms with Crippen LogP contribution in [0.2, 0.25) is 0 Å². The van der Waals surface area contributed by atoms with E-state index in [1.165, 1.54) is 0 Å². The zero-order valence-electron chi connectivity index (χ0n) is 13.2. The van der Waals surface area contributed by atoms with Crippen LogP contribution >= 0.6 is 0 Å². The average molecular weight is 315 g/mol. The number of benzene rings is 1. The fraction of sp³-hybridized carbons (Fsp3) is 0.500. The van der Waals surface area contributed by atoms with Crippen molar-refractivity contribution in [2.45, 2.75) is 26.3 Å². The summed E-state index contributed by atoms with van der Waals surface area (Å²) < 4.78 is 7.06. The second-order valence-corrected chi connectivity index (χ2v) is 5.85. The van der Waals surface area contributed by atoms with Crippen LogP contribution in [0.1, 0.15) is 34.6 Å². The first-order valence-electron chi connectivity index (χ1n) is 7.90. The van der Waals surface area contributed by atoms with Crippen LogP contribution in [0.15, 0.2) is 24.3 Å². The summed E-state index contributed by atoms with van der Waals surface area (Å²) in [6.45, 7) is 4.82. The van der Waals surface area contributed by atoms with Gasteiger partial charge < -0.3 is 10.1 Å². The molecule has 1 N–H and O–H groups in total. The number of carbonyl (C=O) groups excluding carboxylic acids is 1. The van der Waals surface area contributed by atoms with Gasteiger partial charge in [-0.1, -0.05) is 12.1 Å². The number of aryl methyl sites for hydroxylation is 1. The lowest BCUT2D eigenvalue weighted by Crippen LogP contribution is -2.26. The fourth-order valence-electron chi connectivity index (χ4n) is 2.63. The van der Waals surface area contributed by atoms with Crippen molar-refractivity contribution < 1.29 is 9.53 Å². The summed E-state index contributed by atoms with van der Waals surface area (Å²) in [6.07, 6.45) is 2.07. The van der Waals surface area contributed by atoms with Crippen molar-refractivity contribution in [3.63, 3.8) is 0 Å². The molecule has 1 aromatic heterocycles. The third kappa shape index (κ3) is 4.13. The van der Waals surface area contributed by atoms with Crippen molar-refractivity contribution in [1.29, 1.82) is 0 Å². The third-order valence-electron chi connectivity index (χ3n) is 4.12. The first-order valence-corrected chi connectivity index (χ1v) is 7.90. The predicted molar refractivity (Wildman–Crippen MR) is 84.0 cm³/mol. The highest BCUT2D eigenvalue weighted by molar-refractivity contribution is 5.94. The van der Waals surface area contributed by atoms with Crippen LogP contribution in [-0.2, 0) is 11.3 Å². The number of nitrogens with zero attached hydrogens (tertiary/aromatic N) is 4. The summed E-state index contributed by atoms with van der Waals surface area (Å²) in [4.78, 5) is 12.1. The van der Waals surface area contributed by atoms with Crippen LogP contribution < -0.4 is 5.32 Å². The van der Waals surface area contributed by atoms with Crippen LogP contribution in [0.25, 0.3) is 0 Å². The van der Waals surface area contributed by atoms with E-state index >= 15 is 0 Å². The second kappa shape index (κ2) is 7.32. The van der Waals surface area contributed by atoms with Gasteiger partial charge in [0.25, 0.3) is 5.91 Å². The number of hydrogen-bond acceptors (Lipinski definition) is 5. The highest BCUT2D eigenvalue weighted by atomic mass is 16.5. The Morgan fingerprint density at radius 3 is 2.87 bits per heavy atom. The van der Waals surface area contributed by atoms with Crippen molar-refractivity contribution in [3.05, 3.63) is 41.2 Å². The summed E-state index contributed by atoms with van der Waals surface area (Å²) in [6, 6.07) is 7.54. The van der Waals surface area contributed by atoms with Gasteiger partial charge in [-0.2, -0.15) is 0 Å². The van der Waals surface area contributed by atoms with E-state index < -0.39 is 0 Å². The Balaban J connectivity index is 1.49. The smallest absolute Gasteiger partial charge is 0.251 e.